The Morgan fingerprint density at radius 3 is 2.83 bits per heavy atom. The second-order valence-electron chi connectivity index (χ2n) is 5.72. The molecule has 0 bridgehead atoms. The van der Waals surface area contributed by atoms with E-state index >= 15 is 0 Å². The number of aromatic nitrogens is 1. The van der Waals surface area contributed by atoms with Gasteiger partial charge in [0, 0.05) is 17.3 Å². The topological polar surface area (TPSA) is 38.1 Å². The fourth-order valence-corrected chi connectivity index (χ4v) is 3.07. The lowest BCUT2D eigenvalue weighted by Gasteiger charge is -2.04. The van der Waals surface area contributed by atoms with E-state index in [1.165, 1.54) is 30.2 Å². The Bertz CT molecular complexity index is 848. The van der Waals surface area contributed by atoms with Gasteiger partial charge in [0.05, 0.1) is 5.56 Å². The molecule has 1 saturated carbocycles. The van der Waals surface area contributed by atoms with Crippen LogP contribution in [0.1, 0.15) is 18.4 Å². The van der Waals surface area contributed by atoms with Gasteiger partial charge in [-0.05, 0) is 37.0 Å². The summed E-state index contributed by atoms with van der Waals surface area (Å²) in [5.41, 5.74) is 0.143. The van der Waals surface area contributed by atoms with Gasteiger partial charge in [-0.2, -0.15) is 13.2 Å². The molecule has 1 fully saturated rings. The van der Waals surface area contributed by atoms with Crippen molar-refractivity contribution < 1.29 is 17.6 Å². The molecule has 0 spiro atoms. The van der Waals surface area contributed by atoms with Crippen LogP contribution in [0.5, 0.6) is 0 Å². The van der Waals surface area contributed by atoms with Crippen molar-refractivity contribution in [1.82, 2.24) is 4.98 Å². The monoisotopic (exact) mass is 338 g/mol. The summed E-state index contributed by atoms with van der Waals surface area (Å²) < 4.78 is 43.8. The molecule has 0 aliphatic heterocycles. The average Bonchev–Trinajstić information content (AvgIpc) is 3.05. The van der Waals surface area contributed by atoms with Crippen molar-refractivity contribution >= 4 is 27.4 Å². The van der Waals surface area contributed by atoms with E-state index in [9.17, 15) is 13.2 Å². The van der Waals surface area contributed by atoms with Crippen LogP contribution in [-0.2, 0) is 6.18 Å². The van der Waals surface area contributed by atoms with Gasteiger partial charge in [-0.1, -0.05) is 6.07 Å². The van der Waals surface area contributed by atoms with Gasteiger partial charge in [0.15, 0.2) is 10.9 Å². The Labute approximate surface area is 134 Å². The minimum absolute atomic E-state index is 0.218. The molecule has 3 nitrogen and oxygen atoms in total. The molecule has 120 valence electrons. The zero-order valence-corrected chi connectivity index (χ0v) is 12.8. The summed E-state index contributed by atoms with van der Waals surface area (Å²) in [6, 6.07) is 5.22. The number of thiazole rings is 1. The molecule has 1 N–H and O–H groups in total. The van der Waals surface area contributed by atoms with Gasteiger partial charge in [0.2, 0.25) is 0 Å². The number of benzene rings is 1. The third-order valence-corrected chi connectivity index (χ3v) is 4.64. The van der Waals surface area contributed by atoms with Crippen LogP contribution in [0.2, 0.25) is 0 Å². The number of nitrogens with zero attached hydrogens (tertiary/aromatic N) is 1. The normalized spacial score (nSPS) is 15.3. The predicted octanol–water partition coefficient (Wildman–Crippen LogP) is 5.40. The lowest BCUT2D eigenvalue weighted by molar-refractivity contribution is -0.137. The van der Waals surface area contributed by atoms with Crippen molar-refractivity contribution in [2.45, 2.75) is 19.0 Å². The first-order chi connectivity index (χ1) is 11.0. The van der Waals surface area contributed by atoms with Crippen LogP contribution in [0.25, 0.3) is 22.4 Å². The number of rotatable bonds is 4. The number of furan rings is 1. The molecular formula is C16H13F3N2OS. The van der Waals surface area contributed by atoms with E-state index in [1.807, 2.05) is 5.38 Å². The summed E-state index contributed by atoms with van der Waals surface area (Å²) in [5.74, 6) is 1.23. The number of hydrogen-bond acceptors (Lipinski definition) is 4. The summed E-state index contributed by atoms with van der Waals surface area (Å²) in [6.07, 6.45) is -1.85. The van der Waals surface area contributed by atoms with Crippen molar-refractivity contribution in [3.63, 3.8) is 0 Å². The molecule has 1 aliphatic rings. The Balaban J connectivity index is 1.60. The molecule has 1 aromatic carbocycles. The Morgan fingerprint density at radius 1 is 1.26 bits per heavy atom. The molecule has 0 unspecified atom stereocenters. The van der Waals surface area contributed by atoms with Gasteiger partial charge in [-0.15, -0.1) is 11.3 Å². The summed E-state index contributed by atoms with van der Waals surface area (Å²) in [7, 11) is 0. The van der Waals surface area contributed by atoms with Gasteiger partial charge < -0.3 is 9.73 Å². The van der Waals surface area contributed by atoms with Gasteiger partial charge in [0.25, 0.3) is 0 Å². The summed E-state index contributed by atoms with van der Waals surface area (Å²) in [6.45, 7) is 0.919. The van der Waals surface area contributed by atoms with Crippen LogP contribution in [0.4, 0.5) is 18.3 Å². The maximum Gasteiger partial charge on any atom is 0.416 e. The second-order valence-corrected chi connectivity index (χ2v) is 6.58. The maximum absolute atomic E-state index is 12.7. The average molecular weight is 338 g/mol. The Hall–Kier alpha value is -2.02. The molecular weight excluding hydrogens is 325 g/mol. The largest absolute Gasteiger partial charge is 0.454 e. The Morgan fingerprint density at radius 2 is 2.09 bits per heavy atom. The van der Waals surface area contributed by atoms with Gasteiger partial charge in [-0.25, -0.2) is 4.98 Å². The lowest BCUT2D eigenvalue weighted by atomic mass is 10.1. The highest BCUT2D eigenvalue weighted by molar-refractivity contribution is 7.14. The fourth-order valence-electron chi connectivity index (χ4n) is 2.36. The van der Waals surface area contributed by atoms with E-state index in [1.54, 1.807) is 6.07 Å². The highest BCUT2D eigenvalue weighted by Crippen LogP contribution is 2.35. The standard InChI is InChI=1S/C16H13F3N2OS/c17-16(18,19)11-4-3-10-5-14(22-13(10)6-11)12-8-23-15(21-12)20-7-9-1-2-9/h3-6,8-9H,1-2,7H2,(H,20,21). The molecule has 2 aromatic heterocycles. The zero-order valence-electron chi connectivity index (χ0n) is 12.0. The van der Waals surface area contributed by atoms with Crippen LogP contribution in [0.3, 0.4) is 0 Å². The van der Waals surface area contributed by atoms with E-state index < -0.39 is 11.7 Å². The van der Waals surface area contributed by atoms with E-state index in [4.69, 9.17) is 4.42 Å². The van der Waals surface area contributed by atoms with Gasteiger partial charge >= 0.3 is 6.18 Å². The fraction of sp³-hybridized carbons (Fsp3) is 0.312. The van der Waals surface area contributed by atoms with E-state index in [2.05, 4.69) is 10.3 Å². The van der Waals surface area contributed by atoms with Crippen LogP contribution in [0.15, 0.2) is 34.1 Å². The van der Waals surface area contributed by atoms with Gasteiger partial charge in [-0.3, -0.25) is 0 Å². The summed E-state index contributed by atoms with van der Waals surface area (Å²) >= 11 is 1.47. The minimum Gasteiger partial charge on any atom is -0.454 e. The smallest absolute Gasteiger partial charge is 0.416 e. The molecule has 0 radical (unpaired) electrons. The van der Waals surface area contributed by atoms with E-state index in [0.717, 1.165) is 29.7 Å². The second kappa shape index (κ2) is 5.26. The molecule has 23 heavy (non-hydrogen) atoms. The van der Waals surface area contributed by atoms with Gasteiger partial charge in [0.1, 0.15) is 11.3 Å². The molecule has 0 amide bonds. The van der Waals surface area contributed by atoms with Crippen molar-refractivity contribution in [3.05, 3.63) is 35.2 Å². The number of fused-ring (bicyclic) bond motifs is 1. The highest BCUT2D eigenvalue weighted by atomic mass is 32.1. The number of nitrogens with one attached hydrogen (secondary N) is 1. The first-order valence-electron chi connectivity index (χ1n) is 7.29. The molecule has 3 aromatic rings. The molecule has 0 saturated heterocycles. The predicted molar refractivity (Wildman–Crippen MR) is 83.5 cm³/mol. The number of alkyl halides is 3. The third kappa shape index (κ3) is 3.06. The third-order valence-electron chi connectivity index (χ3n) is 3.84. The first kappa shape index (κ1) is 14.6. The zero-order chi connectivity index (χ0) is 16.0. The first-order valence-corrected chi connectivity index (χ1v) is 8.17. The number of hydrogen-bond donors (Lipinski definition) is 1. The van der Waals surface area contributed by atoms with Crippen molar-refractivity contribution in [2.75, 3.05) is 11.9 Å². The molecule has 2 heterocycles. The van der Waals surface area contributed by atoms with Crippen LogP contribution in [0, 0.1) is 5.92 Å². The number of anilines is 1. The van der Waals surface area contributed by atoms with Crippen molar-refractivity contribution in [3.8, 4) is 11.5 Å². The quantitative estimate of drug-likeness (QED) is 0.692. The SMILES string of the molecule is FC(F)(F)c1ccc2cc(-c3csc(NCC4CC4)n3)oc2c1. The van der Waals surface area contributed by atoms with Crippen LogP contribution in [-0.4, -0.2) is 11.5 Å². The maximum atomic E-state index is 12.7. The molecule has 1 aliphatic carbocycles. The molecule has 0 atom stereocenters. The minimum atomic E-state index is -4.37. The number of halogens is 3. The van der Waals surface area contributed by atoms with E-state index in [0.29, 0.717) is 16.8 Å². The summed E-state index contributed by atoms with van der Waals surface area (Å²) in [5, 5.41) is 6.56. The molecule has 7 heteroatoms. The van der Waals surface area contributed by atoms with Crippen molar-refractivity contribution in [1.29, 1.82) is 0 Å². The van der Waals surface area contributed by atoms with Crippen LogP contribution >= 0.6 is 11.3 Å². The van der Waals surface area contributed by atoms with Crippen LogP contribution < -0.4 is 5.32 Å². The molecule has 4 rings (SSSR count). The van der Waals surface area contributed by atoms with Crippen molar-refractivity contribution in [2.24, 2.45) is 5.92 Å². The summed E-state index contributed by atoms with van der Waals surface area (Å²) in [4.78, 5) is 4.44. The van der Waals surface area contributed by atoms with E-state index in [-0.39, 0.29) is 5.58 Å². The lowest BCUT2D eigenvalue weighted by Crippen LogP contribution is -2.03. The Kier molecular flexibility index (Phi) is 3.33. The highest BCUT2D eigenvalue weighted by Gasteiger charge is 2.31.